The van der Waals surface area contributed by atoms with Crippen molar-refractivity contribution in [1.29, 1.82) is 0 Å². The summed E-state index contributed by atoms with van der Waals surface area (Å²) in [4.78, 5) is 42.5. The Morgan fingerprint density at radius 3 is 2.56 bits per heavy atom. The molecule has 0 bridgehead atoms. The molecule has 1 aliphatic heterocycles. The van der Waals surface area contributed by atoms with Crippen LogP contribution in [0.15, 0.2) is 58.8 Å². The van der Waals surface area contributed by atoms with Crippen LogP contribution in [0.1, 0.15) is 0 Å². The summed E-state index contributed by atoms with van der Waals surface area (Å²) in [7, 11) is 1.74. The number of thiazole rings is 1. The fourth-order valence-corrected chi connectivity index (χ4v) is 5.45. The zero-order valence-corrected chi connectivity index (χ0v) is 19.5. The van der Waals surface area contributed by atoms with E-state index < -0.39 is 0 Å². The first-order valence-electron chi connectivity index (χ1n) is 11.2. The first kappa shape index (κ1) is 20.7. The fraction of sp³-hybridized carbons (Fsp3) is 0.250. The number of hydrogen-bond donors (Lipinski definition) is 1. The number of aromatic nitrogens is 5. The Hall–Kier alpha value is -3.92. The van der Waals surface area contributed by atoms with E-state index in [0.717, 1.165) is 38.6 Å². The molecule has 3 aromatic heterocycles. The summed E-state index contributed by atoms with van der Waals surface area (Å²) in [6, 6.07) is 15.5. The van der Waals surface area contributed by atoms with Gasteiger partial charge in [-0.15, -0.1) is 11.3 Å². The summed E-state index contributed by atoms with van der Waals surface area (Å²) in [5.41, 5.74) is 6.00. The molecule has 0 saturated carbocycles. The van der Waals surface area contributed by atoms with Crippen molar-refractivity contribution >= 4 is 44.3 Å². The Balaban J connectivity index is 1.17. The Morgan fingerprint density at radius 1 is 1.03 bits per heavy atom. The number of aromatic amines is 1. The maximum Gasteiger partial charge on any atom is 0.329 e. The lowest BCUT2D eigenvalue weighted by Gasteiger charge is -2.35. The molecule has 5 aromatic rings. The largest absolute Gasteiger partial charge is 0.358 e. The number of anilines is 1. The van der Waals surface area contributed by atoms with Crippen LogP contribution in [-0.2, 0) is 18.4 Å². The number of nitrogens with one attached hydrogen (secondary N) is 1. The third-order valence-electron chi connectivity index (χ3n) is 6.43. The van der Waals surface area contributed by atoms with E-state index in [0.29, 0.717) is 26.2 Å². The van der Waals surface area contributed by atoms with Gasteiger partial charge in [0.05, 0.1) is 27.6 Å². The van der Waals surface area contributed by atoms with Gasteiger partial charge in [0.15, 0.2) is 5.82 Å². The molecule has 172 valence electrons. The molecule has 34 heavy (non-hydrogen) atoms. The van der Waals surface area contributed by atoms with Crippen molar-refractivity contribution in [3.05, 3.63) is 64.5 Å². The summed E-state index contributed by atoms with van der Waals surface area (Å²) in [6.45, 7) is 2.63. The predicted molar refractivity (Wildman–Crippen MR) is 133 cm³/mol. The average Bonchev–Trinajstić information content (AvgIpc) is 3.58. The lowest BCUT2D eigenvalue weighted by molar-refractivity contribution is -0.132. The number of hydrogen-bond acceptors (Lipinski definition) is 6. The van der Waals surface area contributed by atoms with E-state index in [1.807, 2.05) is 58.9 Å². The lowest BCUT2D eigenvalue weighted by Crippen LogP contribution is -2.50. The molecule has 10 heteroatoms. The highest BCUT2D eigenvalue weighted by Crippen LogP contribution is 2.33. The molecule has 6 rings (SSSR count). The molecule has 0 spiro atoms. The van der Waals surface area contributed by atoms with Gasteiger partial charge in [0.2, 0.25) is 5.91 Å². The molecule has 0 aliphatic carbocycles. The maximum absolute atomic E-state index is 13.1. The second-order valence-corrected chi connectivity index (χ2v) is 9.23. The summed E-state index contributed by atoms with van der Waals surface area (Å²) >= 11 is 1.58. The normalized spacial score (nSPS) is 14.4. The standard InChI is InChI=1S/C24H23N7O2S/c1-28-18-8-4-5-9-19(18)31(24(28)33)14-20(32)29-10-12-30(13-11-29)23-21(25-15-34-23)22-26-16-6-2-3-7-17(16)27-22/h2-9,15H,10-14H2,1H3,(H,26,27). The number of amides is 1. The highest BCUT2D eigenvalue weighted by Gasteiger charge is 2.26. The van der Waals surface area contributed by atoms with Crippen LogP contribution in [-0.4, -0.2) is 61.1 Å². The minimum atomic E-state index is -0.173. The van der Waals surface area contributed by atoms with Gasteiger partial charge in [0.25, 0.3) is 0 Å². The van der Waals surface area contributed by atoms with E-state index in [1.54, 1.807) is 27.5 Å². The Kier molecular flexibility index (Phi) is 4.95. The van der Waals surface area contributed by atoms with Crippen molar-refractivity contribution in [2.24, 2.45) is 7.05 Å². The van der Waals surface area contributed by atoms with E-state index in [2.05, 4.69) is 14.9 Å². The highest BCUT2D eigenvalue weighted by molar-refractivity contribution is 7.14. The van der Waals surface area contributed by atoms with E-state index in [-0.39, 0.29) is 18.1 Å². The van der Waals surface area contributed by atoms with Gasteiger partial charge in [-0.25, -0.2) is 14.8 Å². The first-order valence-corrected chi connectivity index (χ1v) is 12.0. The molecule has 0 radical (unpaired) electrons. The van der Waals surface area contributed by atoms with E-state index in [9.17, 15) is 9.59 Å². The zero-order valence-electron chi connectivity index (χ0n) is 18.6. The van der Waals surface area contributed by atoms with Crippen LogP contribution in [0.5, 0.6) is 0 Å². The van der Waals surface area contributed by atoms with Gasteiger partial charge >= 0.3 is 5.69 Å². The average molecular weight is 474 g/mol. The quantitative estimate of drug-likeness (QED) is 0.433. The fourth-order valence-electron chi connectivity index (χ4n) is 4.60. The second kappa shape index (κ2) is 8.14. The van der Waals surface area contributed by atoms with Crippen LogP contribution in [0.2, 0.25) is 0 Å². The first-order chi connectivity index (χ1) is 16.6. The summed E-state index contributed by atoms with van der Waals surface area (Å²) < 4.78 is 3.15. The molecular weight excluding hydrogens is 450 g/mol. The molecule has 1 fully saturated rings. The van der Waals surface area contributed by atoms with Gasteiger partial charge in [-0.2, -0.15) is 0 Å². The monoisotopic (exact) mass is 473 g/mol. The molecule has 1 saturated heterocycles. The number of benzene rings is 2. The van der Waals surface area contributed by atoms with Crippen molar-refractivity contribution in [3.8, 4) is 11.5 Å². The van der Waals surface area contributed by atoms with Gasteiger partial charge in [-0.3, -0.25) is 13.9 Å². The molecule has 0 atom stereocenters. The van der Waals surface area contributed by atoms with Crippen molar-refractivity contribution in [1.82, 2.24) is 29.0 Å². The van der Waals surface area contributed by atoms with Crippen molar-refractivity contribution in [3.63, 3.8) is 0 Å². The molecule has 9 nitrogen and oxygen atoms in total. The van der Waals surface area contributed by atoms with Crippen LogP contribution < -0.4 is 10.6 Å². The number of imidazole rings is 2. The number of nitrogens with zero attached hydrogens (tertiary/aromatic N) is 6. The highest BCUT2D eigenvalue weighted by atomic mass is 32.1. The Bertz CT molecular complexity index is 1540. The van der Waals surface area contributed by atoms with E-state index in [1.165, 1.54) is 0 Å². The van der Waals surface area contributed by atoms with E-state index >= 15 is 0 Å². The number of carbonyl (C=O) groups is 1. The third-order valence-corrected chi connectivity index (χ3v) is 7.31. The minimum absolute atomic E-state index is 0.0417. The molecule has 1 amide bonds. The third kappa shape index (κ3) is 3.38. The number of para-hydroxylation sites is 4. The minimum Gasteiger partial charge on any atom is -0.358 e. The number of aryl methyl sites for hydroxylation is 1. The molecule has 2 aromatic carbocycles. The predicted octanol–water partition coefficient (Wildman–Crippen LogP) is 2.69. The Labute approximate surface area is 198 Å². The van der Waals surface area contributed by atoms with Crippen molar-refractivity contribution < 1.29 is 4.79 Å². The van der Waals surface area contributed by atoms with Crippen LogP contribution in [0, 0.1) is 0 Å². The van der Waals surface area contributed by atoms with Gasteiger partial charge < -0.3 is 14.8 Å². The molecule has 1 aliphatic rings. The van der Waals surface area contributed by atoms with Gasteiger partial charge in [0, 0.05) is 33.2 Å². The van der Waals surface area contributed by atoms with Crippen LogP contribution in [0.3, 0.4) is 0 Å². The summed E-state index contributed by atoms with van der Waals surface area (Å²) in [6.07, 6.45) is 0. The molecule has 1 N–H and O–H groups in total. The Morgan fingerprint density at radius 2 is 1.76 bits per heavy atom. The van der Waals surface area contributed by atoms with Crippen LogP contribution >= 0.6 is 11.3 Å². The summed E-state index contributed by atoms with van der Waals surface area (Å²) in [5, 5.41) is 1.05. The molecular formula is C24H23N7O2S. The van der Waals surface area contributed by atoms with Crippen LogP contribution in [0.4, 0.5) is 5.00 Å². The SMILES string of the molecule is Cn1c(=O)n(CC(=O)N2CCN(c3scnc3-c3nc4ccccc4[nH]3)CC2)c2ccccc21. The number of rotatable bonds is 4. The van der Waals surface area contributed by atoms with Crippen molar-refractivity contribution in [2.45, 2.75) is 6.54 Å². The zero-order chi connectivity index (χ0) is 23.2. The number of carbonyl (C=O) groups excluding carboxylic acids is 1. The van der Waals surface area contributed by atoms with Gasteiger partial charge in [0.1, 0.15) is 17.2 Å². The topological polar surface area (TPSA) is 92.1 Å². The summed E-state index contributed by atoms with van der Waals surface area (Å²) in [5.74, 6) is 0.714. The maximum atomic E-state index is 13.1. The van der Waals surface area contributed by atoms with Crippen LogP contribution in [0.25, 0.3) is 33.6 Å². The second-order valence-electron chi connectivity index (χ2n) is 8.39. The lowest BCUT2D eigenvalue weighted by atomic mass is 10.3. The number of H-pyrrole nitrogens is 1. The van der Waals surface area contributed by atoms with Crippen molar-refractivity contribution in [2.75, 3.05) is 31.1 Å². The smallest absolute Gasteiger partial charge is 0.329 e. The molecule has 4 heterocycles. The van der Waals surface area contributed by atoms with Gasteiger partial charge in [-0.1, -0.05) is 24.3 Å². The number of piperazine rings is 1. The van der Waals surface area contributed by atoms with E-state index in [4.69, 9.17) is 4.98 Å². The molecule has 0 unspecified atom stereocenters. The van der Waals surface area contributed by atoms with Gasteiger partial charge in [-0.05, 0) is 24.3 Å². The number of fused-ring (bicyclic) bond motifs is 2.